The molecule has 0 unspecified atom stereocenters. The minimum atomic E-state index is -3.34. The van der Waals surface area contributed by atoms with Crippen LogP contribution in [0.25, 0.3) is 0 Å². The van der Waals surface area contributed by atoms with E-state index in [4.69, 9.17) is 31.6 Å². The number of rotatable bonds is 8. The molecule has 4 saturated heterocycles. The van der Waals surface area contributed by atoms with Crippen LogP contribution in [0.15, 0.2) is 35.2 Å². The maximum Gasteiger partial charge on any atom is 0.404 e. The Hall–Kier alpha value is -1.24. The lowest BCUT2D eigenvalue weighted by Crippen LogP contribution is -2.80. The van der Waals surface area contributed by atoms with Crippen LogP contribution in [0.2, 0.25) is 32.2 Å². The second kappa shape index (κ2) is 14.1. The second-order valence-electron chi connectivity index (χ2n) is 18.1. The van der Waals surface area contributed by atoms with Gasteiger partial charge in [0.2, 0.25) is 4.93 Å². The van der Waals surface area contributed by atoms with Gasteiger partial charge in [-0.2, -0.15) is 0 Å². The quantitative estimate of drug-likeness (QED) is 0.188. The van der Waals surface area contributed by atoms with Gasteiger partial charge in [-0.05, 0) is 34.3 Å². The average molecular weight is 782 g/mol. The molecule has 4 aliphatic heterocycles. The van der Waals surface area contributed by atoms with Crippen LogP contribution in [0.3, 0.4) is 0 Å². The number of carbonyl (C=O) groups excluding carboxylic acids is 2. The van der Waals surface area contributed by atoms with Crippen molar-refractivity contribution in [3.8, 4) is 0 Å². The number of methoxy groups -OCH3 is 1. The van der Waals surface area contributed by atoms with E-state index in [0.29, 0.717) is 0 Å². The summed E-state index contributed by atoms with van der Waals surface area (Å²) in [5, 5.41) is -0.891. The molecule has 0 saturated carbocycles. The third-order valence-electron chi connectivity index (χ3n) is 11.5. The lowest BCUT2D eigenvalue weighted by Gasteiger charge is -2.63. The summed E-state index contributed by atoms with van der Waals surface area (Å²) in [6, 6.07) is 9.16. The number of nitrogens with zero attached hydrogens (tertiary/aromatic N) is 1. The highest BCUT2D eigenvalue weighted by atomic mass is 32.2. The molecule has 0 N–H and O–H groups in total. The van der Waals surface area contributed by atoms with E-state index in [1.165, 1.54) is 18.9 Å². The molecule has 1 amide bonds. The first-order valence-corrected chi connectivity index (χ1v) is 25.3. The number of esters is 1. The van der Waals surface area contributed by atoms with E-state index in [0.717, 1.165) is 4.90 Å². The Balaban J connectivity index is 1.75. The van der Waals surface area contributed by atoms with E-state index >= 15 is 0 Å². The number of hydrogen-bond donors (Lipinski definition) is 0. The maximum atomic E-state index is 14.3. The molecule has 10 nitrogen and oxygen atoms in total. The van der Waals surface area contributed by atoms with Gasteiger partial charge in [0, 0.05) is 21.4 Å². The minimum absolute atomic E-state index is 0.109. The molecule has 1 aromatic rings. The summed E-state index contributed by atoms with van der Waals surface area (Å²) < 4.78 is 50.9. The van der Waals surface area contributed by atoms with Crippen molar-refractivity contribution in [1.82, 2.24) is 4.57 Å². The molecule has 4 fully saturated rings. The summed E-state index contributed by atoms with van der Waals surface area (Å²) >= 11 is 1.29. The molecule has 0 aliphatic carbocycles. The first kappa shape index (κ1) is 40.9. The van der Waals surface area contributed by atoms with Crippen molar-refractivity contribution in [1.29, 1.82) is 0 Å². The average Bonchev–Trinajstić information content (AvgIpc) is 3.23. The molecule has 6 atom stereocenters. The number of amides is 1. The van der Waals surface area contributed by atoms with Crippen LogP contribution in [0.5, 0.6) is 0 Å². The Morgan fingerprint density at radius 1 is 0.843 bits per heavy atom. The van der Waals surface area contributed by atoms with E-state index < -0.39 is 83.1 Å². The van der Waals surface area contributed by atoms with Gasteiger partial charge in [-0.3, -0.25) is 0 Å². The van der Waals surface area contributed by atoms with Crippen LogP contribution in [0.1, 0.15) is 103 Å². The summed E-state index contributed by atoms with van der Waals surface area (Å²) in [6.07, 6.45) is -3.02. The van der Waals surface area contributed by atoms with Crippen LogP contribution in [-0.4, -0.2) is 91.3 Å². The molecule has 288 valence electrons. The zero-order valence-electron chi connectivity index (χ0n) is 33.5. The van der Waals surface area contributed by atoms with Crippen LogP contribution < -0.4 is 0 Å². The van der Waals surface area contributed by atoms with E-state index in [1.807, 2.05) is 34.9 Å². The number of carbonyl (C=O) groups is 2. The molecule has 5 rings (SSSR count). The van der Waals surface area contributed by atoms with Crippen molar-refractivity contribution in [3.63, 3.8) is 0 Å². The van der Waals surface area contributed by atoms with Gasteiger partial charge in [-0.15, -0.1) is 0 Å². The molecule has 0 spiro atoms. The van der Waals surface area contributed by atoms with Crippen molar-refractivity contribution in [2.24, 2.45) is 0 Å². The molecule has 0 radical (unpaired) electrons. The smallest absolute Gasteiger partial charge is 0.404 e. The summed E-state index contributed by atoms with van der Waals surface area (Å²) in [4.78, 5) is 27.7. The fraction of sp³-hybridized carbons (Fsp3) is 0.784. The van der Waals surface area contributed by atoms with Gasteiger partial charge in [0.15, 0.2) is 0 Å². The van der Waals surface area contributed by atoms with Crippen molar-refractivity contribution < 1.29 is 41.2 Å². The Morgan fingerprint density at radius 3 is 1.88 bits per heavy atom. The van der Waals surface area contributed by atoms with Gasteiger partial charge >= 0.3 is 37.7 Å². The third-order valence-corrected chi connectivity index (χ3v) is 28.9. The summed E-state index contributed by atoms with van der Waals surface area (Å²) in [7, 11) is -7.86. The second-order valence-corrected chi connectivity index (χ2v) is 33.3. The molecular weight excluding hydrogens is 719 g/mol. The number of thioether (sulfide) groups is 1. The van der Waals surface area contributed by atoms with Crippen LogP contribution in [-0.2, 0) is 36.4 Å². The van der Waals surface area contributed by atoms with Crippen LogP contribution in [0, 0.1) is 0 Å². The Bertz CT molecular complexity index is 1400. The molecule has 1 aromatic carbocycles. The molecule has 0 aromatic heterocycles. The van der Waals surface area contributed by atoms with Crippen molar-refractivity contribution in [2.75, 3.05) is 13.7 Å². The van der Waals surface area contributed by atoms with E-state index in [-0.39, 0.29) is 35.2 Å². The minimum Gasteiger partial charge on any atom is -0.466 e. The summed E-state index contributed by atoms with van der Waals surface area (Å²) in [5.41, 5.74) is 0.570. The summed E-state index contributed by atoms with van der Waals surface area (Å²) in [6.45, 7) is 30.9. The van der Waals surface area contributed by atoms with Gasteiger partial charge in [-0.1, -0.05) is 127 Å². The summed E-state index contributed by atoms with van der Waals surface area (Å²) in [5.74, 6) is -0.538. The molecule has 14 heteroatoms. The van der Waals surface area contributed by atoms with E-state index in [2.05, 4.69) is 96.9 Å². The number of benzene rings is 1. The zero-order valence-corrected chi connectivity index (χ0v) is 37.3. The molecule has 4 aliphatic rings. The van der Waals surface area contributed by atoms with Crippen molar-refractivity contribution >= 4 is 49.4 Å². The first-order chi connectivity index (χ1) is 23.5. The first-order valence-electron chi connectivity index (χ1n) is 18.7. The number of hydrogen-bond acceptors (Lipinski definition) is 10. The largest absolute Gasteiger partial charge is 0.466 e. The van der Waals surface area contributed by atoms with Gasteiger partial charge in [0.1, 0.15) is 18.3 Å². The van der Waals surface area contributed by atoms with Gasteiger partial charge in [0.05, 0.1) is 25.9 Å². The van der Waals surface area contributed by atoms with Crippen LogP contribution >= 0.6 is 11.8 Å². The van der Waals surface area contributed by atoms with Crippen molar-refractivity contribution in [2.45, 2.75) is 176 Å². The third kappa shape index (κ3) is 6.53. The molecule has 51 heavy (non-hydrogen) atoms. The monoisotopic (exact) mass is 781 g/mol. The topological polar surface area (TPSA) is 102 Å². The predicted octanol–water partition coefficient (Wildman–Crippen LogP) is 9.02. The van der Waals surface area contributed by atoms with Gasteiger partial charge < -0.3 is 36.2 Å². The Kier molecular flexibility index (Phi) is 11.3. The fourth-order valence-corrected chi connectivity index (χ4v) is 28.2. The zero-order chi connectivity index (χ0) is 38.1. The highest BCUT2D eigenvalue weighted by Gasteiger charge is 2.76. The molecular formula is C37H63NO9SSi3. The highest BCUT2D eigenvalue weighted by Crippen LogP contribution is 2.62. The maximum absolute atomic E-state index is 14.3. The standard InChI is InChI=1S/C37H63NO9SSi3/c1-23(2)49(24(3)4)42-22-29(45-50(47-49,25(5)6)26(7)8)31-32-30-28(21-37(44-32,33(39)41-15)48-27-19-17-16-18-20-27)43-34(40)38(30)51(46-31,35(9,10)11)36(12,13)14/h16-20,23-26,28-32H,21-22H2,1-15H3/t28-,29+,30+,31+,32+,37-/m0/s1. The van der Waals surface area contributed by atoms with Gasteiger partial charge in [-0.25, -0.2) is 9.59 Å². The normalized spacial score (nSPS) is 31.9. The Morgan fingerprint density at radius 2 is 1.39 bits per heavy atom. The number of ether oxygens (including phenoxy) is 3. The predicted molar refractivity (Wildman–Crippen MR) is 206 cm³/mol. The lowest BCUT2D eigenvalue weighted by molar-refractivity contribution is -0.209. The SMILES string of the molecule is COC(=O)[C@@]1(Sc2ccccc2)C[C@@H]2OC(=O)N3[C@H]2[C@@H](O1)[C@@H]([C@H]1CO[Si](C(C)C)(C(C)C)O[Si](C(C)C)(C(C)C)O1)O[Si]3(C(C)(C)C)C(C)(C)C. The highest BCUT2D eigenvalue weighted by molar-refractivity contribution is 8.01. The van der Waals surface area contributed by atoms with E-state index in [9.17, 15) is 9.59 Å². The van der Waals surface area contributed by atoms with E-state index in [1.54, 1.807) is 0 Å². The fourth-order valence-electron chi connectivity index (χ4n) is 9.51. The Labute approximate surface area is 314 Å². The van der Waals surface area contributed by atoms with Gasteiger partial charge in [0.25, 0.3) is 0 Å². The van der Waals surface area contributed by atoms with Crippen LogP contribution in [0.4, 0.5) is 4.79 Å². The van der Waals surface area contributed by atoms with Crippen molar-refractivity contribution in [3.05, 3.63) is 30.3 Å². The lowest BCUT2D eigenvalue weighted by atomic mass is 9.90. The molecule has 0 bridgehead atoms. The molecule has 4 heterocycles.